The Labute approximate surface area is 825 Å². The van der Waals surface area contributed by atoms with E-state index < -0.39 is 28.5 Å². The molecule has 2 aromatic heterocycles. The number of ketones is 4. The van der Waals surface area contributed by atoms with Crippen molar-refractivity contribution in [2.24, 2.45) is 0 Å². The lowest BCUT2D eigenvalue weighted by Crippen LogP contribution is -2.33. The van der Waals surface area contributed by atoms with Crippen LogP contribution in [0.15, 0.2) is 324 Å². The maximum absolute atomic E-state index is 12.6. The predicted octanol–water partition coefficient (Wildman–Crippen LogP) is 32.3. The molecule has 1 unspecified atom stereocenters. The number of aryl methyl sites for hydroxylation is 2. The Balaban J connectivity index is -0.00000146. The third-order valence-electron chi connectivity index (χ3n) is 17.2. The Kier molecular flexibility index (Phi) is 72.1. The SMILES string of the molecule is CC.CC.CC.CC.CC.CC.CC.CC.CC.CC.CC(C)(O)C(=O)c1ccccc1.CC(Cl)C(=O)c1ccc(Oc2ccccc2)cc1.CCc1cc(CC)c2sc3ccccc3c(=O)c2c1.COCCOc1ccc(C(=O)C(C)(C)OC)cc1.O=C(OOC(=O)c1ccccc1)c1ccccc1.O=C(c1ccccc1)c1ccccc1.O=c1c2ccccc2sc2ccc(S)cc12. The zero-order chi connectivity index (χ0) is 103. The van der Waals surface area contributed by atoms with Crippen LogP contribution in [-0.4, -0.2) is 84.2 Å². The monoisotopic (exact) mass is 1910 g/mol. The summed E-state index contributed by atoms with van der Waals surface area (Å²) in [6, 6.07) is 93.1. The van der Waals surface area contributed by atoms with Gasteiger partial charge in [0.1, 0.15) is 35.1 Å². The zero-order valence-corrected chi connectivity index (χ0v) is 88.4. The average Bonchev–Trinajstić information content (AvgIpc) is 0.771. The zero-order valence-electron chi connectivity index (χ0n) is 85.2. The summed E-state index contributed by atoms with van der Waals surface area (Å²) in [6.45, 7) is 53.5. The van der Waals surface area contributed by atoms with Gasteiger partial charge in [-0.05, 0) is 192 Å². The van der Waals surface area contributed by atoms with Gasteiger partial charge in [0, 0.05) is 87.3 Å². The number of halogens is 1. The van der Waals surface area contributed by atoms with Crippen molar-refractivity contribution >= 4 is 122 Å². The van der Waals surface area contributed by atoms with E-state index in [0.717, 1.165) is 80.7 Å². The first-order valence-electron chi connectivity index (χ1n) is 46.8. The van der Waals surface area contributed by atoms with Crippen LogP contribution in [-0.2, 0) is 32.1 Å². The molecule has 0 saturated carbocycles. The fourth-order valence-corrected chi connectivity index (χ4v) is 13.5. The number of aliphatic hydroxyl groups is 1. The van der Waals surface area contributed by atoms with E-state index in [0.29, 0.717) is 46.8 Å². The van der Waals surface area contributed by atoms with Crippen molar-refractivity contribution in [2.75, 3.05) is 27.4 Å². The van der Waals surface area contributed by atoms with Gasteiger partial charge in [0.25, 0.3) is 0 Å². The molecule has 135 heavy (non-hydrogen) atoms. The average molecular weight is 1920 g/mol. The molecule has 14 rings (SSSR count). The normalized spacial score (nSPS) is 9.72. The Morgan fingerprint density at radius 2 is 0.719 bits per heavy atom. The number of rotatable bonds is 19. The first-order valence-corrected chi connectivity index (χ1v) is 49.3. The topological polar surface area (TPSA) is 212 Å². The lowest BCUT2D eigenvalue weighted by atomic mass is 9.96. The molecule has 19 heteroatoms. The summed E-state index contributed by atoms with van der Waals surface area (Å²) in [4.78, 5) is 105. The number of hydrogen-bond acceptors (Lipinski definition) is 18. The van der Waals surface area contributed by atoms with Crippen molar-refractivity contribution < 1.29 is 62.6 Å². The molecule has 1 atom stereocenters. The molecule has 15 nitrogen and oxygen atoms in total. The Morgan fingerprint density at radius 3 is 1.11 bits per heavy atom. The van der Waals surface area contributed by atoms with Gasteiger partial charge in [-0.1, -0.05) is 328 Å². The highest BCUT2D eigenvalue weighted by Crippen LogP contribution is 2.31. The van der Waals surface area contributed by atoms with E-state index in [9.17, 15) is 43.5 Å². The predicted molar refractivity (Wildman–Crippen MR) is 580 cm³/mol. The second-order valence-electron chi connectivity index (χ2n) is 26.5. The fraction of sp³-hybridized carbons (Fsp3) is 0.310. The van der Waals surface area contributed by atoms with Crippen molar-refractivity contribution in [1.29, 1.82) is 0 Å². The standard InChI is InChI=1S/C17H16OS.C15H13ClO2.C14H10O4.C14H20O4.C13H8OS2.C13H10O.C10H12O2.10C2H6/c1-3-11-9-12(4-2)17-14(10-11)16(18)13-7-5-6-8-15(13)19-17;1-11(16)15(17)12-7-9-14(10-8-12)18-13-5-3-2-4-6-13;15-13(11-7-3-1-4-8-11)17-18-14(16)12-9-5-2-6-10-12;1-14(2,17-4)13(15)11-5-7-12(8-6-11)18-10-9-16-3;14-13-9-3-1-2-4-11(9)16-12-6-5-8(15)7-10(12)13;14-13(11-7-3-1-4-8-11)12-9-5-2-6-10-12;1-10(2,12)9(11)8-6-4-3-5-7-8;10*1-2/h5-10H,3-4H2,1-2H3;2-11H,1H3;1-10H;5-8H,9-10H2,1-4H3;1-7,15H;1-10H;3-7,12H,1-2H3;10*1-2H3. The summed E-state index contributed by atoms with van der Waals surface area (Å²) in [6.07, 6.45) is 1.94. The molecule has 1 N–H and O–H groups in total. The Hall–Kier alpha value is -11.8. The molecule has 0 bridgehead atoms. The van der Waals surface area contributed by atoms with Gasteiger partial charge < -0.3 is 24.1 Å². The van der Waals surface area contributed by atoms with Crippen molar-refractivity contribution in [2.45, 2.75) is 221 Å². The summed E-state index contributed by atoms with van der Waals surface area (Å²) in [5.74, 6) is 0.464. The maximum atomic E-state index is 12.6. The van der Waals surface area contributed by atoms with Gasteiger partial charge in [-0.15, -0.1) is 46.9 Å². The van der Waals surface area contributed by atoms with Gasteiger partial charge in [-0.2, -0.15) is 0 Å². The second-order valence-corrected chi connectivity index (χ2v) is 29.8. The molecule has 0 aliphatic carbocycles. The minimum Gasteiger partial charge on any atom is -0.491 e. The van der Waals surface area contributed by atoms with E-state index in [4.69, 9.17) is 30.5 Å². The molecule has 0 aliphatic heterocycles. The molecule has 14 aromatic rings. The van der Waals surface area contributed by atoms with Crippen LogP contribution in [0.5, 0.6) is 17.2 Å². The molecule has 728 valence electrons. The molecular formula is C116H149ClO15S3. The third-order valence-corrected chi connectivity index (χ3v) is 20.1. The van der Waals surface area contributed by atoms with Crippen LogP contribution in [0.25, 0.3) is 40.3 Å². The van der Waals surface area contributed by atoms with Crippen molar-refractivity contribution in [3.8, 4) is 17.2 Å². The van der Waals surface area contributed by atoms with Crippen LogP contribution in [0, 0.1) is 0 Å². The number of carbonyl (C=O) groups is 6. The Bertz CT molecular complexity index is 5540. The molecule has 0 fully saturated rings. The maximum Gasteiger partial charge on any atom is 0.386 e. The number of para-hydroxylation sites is 1. The number of benzene rings is 12. The molecule has 0 spiro atoms. The van der Waals surface area contributed by atoms with Crippen molar-refractivity contribution in [3.05, 3.63) is 380 Å². The van der Waals surface area contributed by atoms with Crippen LogP contribution in [0.3, 0.4) is 0 Å². The number of fused-ring (bicyclic) bond motifs is 4. The van der Waals surface area contributed by atoms with E-state index in [1.165, 1.54) is 32.1 Å². The summed E-state index contributed by atoms with van der Waals surface area (Å²) < 4.78 is 25.4. The smallest absolute Gasteiger partial charge is 0.386 e. The minimum atomic E-state index is -1.28. The van der Waals surface area contributed by atoms with Crippen LogP contribution in [0.4, 0.5) is 0 Å². The minimum absolute atomic E-state index is 0.0477. The van der Waals surface area contributed by atoms with Gasteiger partial charge in [-0.3, -0.25) is 28.8 Å². The Morgan fingerprint density at radius 1 is 0.370 bits per heavy atom. The highest BCUT2D eigenvalue weighted by Gasteiger charge is 2.28. The van der Waals surface area contributed by atoms with Crippen LogP contribution >= 0.6 is 46.9 Å². The molecule has 0 saturated heterocycles. The van der Waals surface area contributed by atoms with E-state index in [1.807, 2.05) is 302 Å². The number of thiol groups is 1. The number of ether oxygens (including phenoxy) is 4. The van der Waals surface area contributed by atoms with Crippen LogP contribution in [0.2, 0.25) is 0 Å². The summed E-state index contributed by atoms with van der Waals surface area (Å²) in [7, 11) is 3.15. The second kappa shape index (κ2) is 76.4. The van der Waals surface area contributed by atoms with E-state index in [2.05, 4.69) is 48.4 Å². The van der Waals surface area contributed by atoms with Gasteiger partial charge in [0.2, 0.25) is 0 Å². The van der Waals surface area contributed by atoms with Gasteiger partial charge >= 0.3 is 11.9 Å². The molecular weight excluding hydrogens is 1760 g/mol. The molecule has 12 aromatic carbocycles. The largest absolute Gasteiger partial charge is 0.491 e. The lowest BCUT2D eigenvalue weighted by molar-refractivity contribution is -0.187. The van der Waals surface area contributed by atoms with Gasteiger partial charge in [0.15, 0.2) is 34.0 Å². The first kappa shape index (κ1) is 127. The molecule has 0 aliphatic rings. The molecule has 0 amide bonds. The summed E-state index contributed by atoms with van der Waals surface area (Å²) in [5, 5.41) is 12.2. The number of alkyl halides is 1. The summed E-state index contributed by atoms with van der Waals surface area (Å²) in [5.41, 5.74) is 4.60. The van der Waals surface area contributed by atoms with E-state index in [-0.39, 0.29) is 34.0 Å². The van der Waals surface area contributed by atoms with Crippen molar-refractivity contribution in [3.63, 3.8) is 0 Å². The number of hydrogen-bond donors (Lipinski definition) is 2. The van der Waals surface area contributed by atoms with E-state index in [1.54, 1.807) is 184 Å². The summed E-state index contributed by atoms with van der Waals surface area (Å²) >= 11 is 13.4. The molecule has 0 radical (unpaired) electrons. The first-order chi connectivity index (χ1) is 65.3. The van der Waals surface area contributed by atoms with Crippen molar-refractivity contribution in [1.82, 2.24) is 0 Å². The highest BCUT2D eigenvalue weighted by atomic mass is 35.5. The number of carbonyl (C=O) groups excluding carboxylic acids is 6. The molecule has 2 heterocycles. The highest BCUT2D eigenvalue weighted by molar-refractivity contribution is 7.80. The van der Waals surface area contributed by atoms with Crippen LogP contribution in [0.1, 0.15) is 266 Å². The van der Waals surface area contributed by atoms with Gasteiger partial charge in [0.05, 0.1) is 23.1 Å². The lowest BCUT2D eigenvalue weighted by Gasteiger charge is -2.21. The number of Topliss-reactive ketones (excluding diaryl/α,β-unsaturated/α-hetero) is 3. The number of methoxy groups -OCH3 is 2. The van der Waals surface area contributed by atoms with Crippen LogP contribution < -0.4 is 20.3 Å². The van der Waals surface area contributed by atoms with Gasteiger partial charge in [-0.25, -0.2) is 19.4 Å². The fourth-order valence-electron chi connectivity index (χ4n) is 10.8. The third kappa shape index (κ3) is 45.8. The van der Waals surface area contributed by atoms with E-state index >= 15 is 0 Å². The quantitative estimate of drug-likeness (QED) is 0.0147.